The molecular formula is C18H15N5OS2. The summed E-state index contributed by atoms with van der Waals surface area (Å²) in [6.07, 6.45) is 1.98. The number of benzene rings is 2. The summed E-state index contributed by atoms with van der Waals surface area (Å²) in [7, 11) is 0. The van der Waals surface area contributed by atoms with E-state index >= 15 is 0 Å². The van der Waals surface area contributed by atoms with E-state index in [-0.39, 0.29) is 11.7 Å². The third kappa shape index (κ3) is 3.38. The highest BCUT2D eigenvalue weighted by Crippen LogP contribution is 2.26. The number of hydrogen-bond donors (Lipinski definition) is 2. The fraction of sp³-hybridized carbons (Fsp3) is 0.111. The topological polar surface area (TPSA) is 83.6 Å². The lowest BCUT2D eigenvalue weighted by Crippen LogP contribution is -2.14. The Kier molecular flexibility index (Phi) is 4.77. The summed E-state index contributed by atoms with van der Waals surface area (Å²) in [5.74, 6) is 0.118. The van der Waals surface area contributed by atoms with Gasteiger partial charge in [0.1, 0.15) is 5.52 Å². The average molecular weight is 381 g/mol. The molecule has 2 aromatic heterocycles. The summed E-state index contributed by atoms with van der Waals surface area (Å²) < 4.78 is 0. The average Bonchev–Trinajstić information content (AvgIpc) is 3.04. The summed E-state index contributed by atoms with van der Waals surface area (Å²) in [5, 5.41) is 12.8. The van der Waals surface area contributed by atoms with Crippen LogP contribution >= 0.6 is 23.5 Å². The van der Waals surface area contributed by atoms with Crippen molar-refractivity contribution in [1.82, 2.24) is 20.2 Å². The number of fused-ring (bicyclic) bond motifs is 3. The molecule has 2 aromatic carbocycles. The number of H-pyrrole nitrogens is 1. The van der Waals surface area contributed by atoms with Crippen LogP contribution in [-0.4, -0.2) is 38.1 Å². The van der Waals surface area contributed by atoms with Gasteiger partial charge in [0, 0.05) is 15.8 Å². The van der Waals surface area contributed by atoms with Crippen LogP contribution in [0.2, 0.25) is 0 Å². The Morgan fingerprint density at radius 1 is 1.12 bits per heavy atom. The second-order valence-electron chi connectivity index (χ2n) is 5.50. The summed E-state index contributed by atoms with van der Waals surface area (Å²) in [6.45, 7) is 0. The Morgan fingerprint density at radius 3 is 2.81 bits per heavy atom. The maximum atomic E-state index is 12.2. The van der Waals surface area contributed by atoms with Crippen molar-refractivity contribution in [3.05, 3.63) is 48.5 Å². The van der Waals surface area contributed by atoms with Crippen LogP contribution in [0.15, 0.2) is 58.6 Å². The molecule has 4 aromatic rings. The summed E-state index contributed by atoms with van der Waals surface area (Å²) in [4.78, 5) is 21.0. The Hall–Kier alpha value is -2.58. The molecule has 0 saturated heterocycles. The van der Waals surface area contributed by atoms with Gasteiger partial charge in [0.05, 0.1) is 11.4 Å². The first kappa shape index (κ1) is 16.9. The highest BCUT2D eigenvalue weighted by molar-refractivity contribution is 7.99. The number of thioether (sulfide) groups is 2. The Labute approximate surface area is 158 Å². The molecule has 2 heterocycles. The molecule has 2 N–H and O–H groups in total. The molecular weight excluding hydrogens is 366 g/mol. The van der Waals surface area contributed by atoms with Gasteiger partial charge in [-0.1, -0.05) is 42.1 Å². The maximum Gasteiger partial charge on any atom is 0.234 e. The van der Waals surface area contributed by atoms with Gasteiger partial charge >= 0.3 is 0 Å². The van der Waals surface area contributed by atoms with Crippen molar-refractivity contribution >= 4 is 57.2 Å². The van der Waals surface area contributed by atoms with Crippen molar-refractivity contribution in [2.75, 3.05) is 17.3 Å². The lowest BCUT2D eigenvalue weighted by molar-refractivity contribution is -0.113. The molecule has 0 unspecified atom stereocenters. The highest BCUT2D eigenvalue weighted by atomic mass is 32.2. The number of nitrogens with one attached hydrogen (secondary N) is 2. The number of aromatic amines is 1. The van der Waals surface area contributed by atoms with Crippen LogP contribution < -0.4 is 5.32 Å². The Bertz CT molecular complexity index is 1100. The monoisotopic (exact) mass is 381 g/mol. The van der Waals surface area contributed by atoms with E-state index in [1.54, 1.807) is 11.8 Å². The van der Waals surface area contributed by atoms with Crippen LogP contribution in [0.5, 0.6) is 0 Å². The molecule has 26 heavy (non-hydrogen) atoms. The summed E-state index contributed by atoms with van der Waals surface area (Å²) in [5.41, 5.74) is 3.20. The van der Waals surface area contributed by atoms with Crippen molar-refractivity contribution in [3.63, 3.8) is 0 Å². The predicted molar refractivity (Wildman–Crippen MR) is 107 cm³/mol. The fourth-order valence-electron chi connectivity index (χ4n) is 2.63. The van der Waals surface area contributed by atoms with E-state index in [1.165, 1.54) is 11.8 Å². The molecule has 0 aliphatic carbocycles. The number of aromatic nitrogens is 4. The molecule has 0 spiro atoms. The molecule has 6 nitrogen and oxygen atoms in total. The quantitative estimate of drug-likeness (QED) is 0.509. The Morgan fingerprint density at radius 2 is 1.92 bits per heavy atom. The van der Waals surface area contributed by atoms with Crippen LogP contribution in [-0.2, 0) is 4.79 Å². The number of rotatable bonds is 5. The van der Waals surface area contributed by atoms with Crippen LogP contribution in [0.3, 0.4) is 0 Å². The van der Waals surface area contributed by atoms with Crippen LogP contribution in [0, 0.1) is 0 Å². The maximum absolute atomic E-state index is 12.2. The van der Waals surface area contributed by atoms with Gasteiger partial charge in [-0.25, -0.2) is 4.98 Å². The van der Waals surface area contributed by atoms with E-state index in [9.17, 15) is 4.79 Å². The molecule has 8 heteroatoms. The largest absolute Gasteiger partial charge is 0.338 e. The van der Waals surface area contributed by atoms with Crippen molar-refractivity contribution < 1.29 is 4.79 Å². The minimum absolute atomic E-state index is 0.100. The van der Waals surface area contributed by atoms with Crippen molar-refractivity contribution in [3.8, 4) is 0 Å². The molecule has 0 radical (unpaired) electrons. The first-order valence-electron chi connectivity index (χ1n) is 7.91. The van der Waals surface area contributed by atoms with Gasteiger partial charge in [-0.15, -0.1) is 22.0 Å². The number of para-hydroxylation sites is 2. The molecule has 0 aliphatic rings. The van der Waals surface area contributed by atoms with Crippen LogP contribution in [0.4, 0.5) is 5.69 Å². The van der Waals surface area contributed by atoms with Gasteiger partial charge < -0.3 is 10.3 Å². The zero-order valence-corrected chi connectivity index (χ0v) is 15.5. The minimum Gasteiger partial charge on any atom is -0.338 e. The highest BCUT2D eigenvalue weighted by Gasteiger charge is 2.11. The van der Waals surface area contributed by atoms with E-state index < -0.39 is 0 Å². The van der Waals surface area contributed by atoms with Gasteiger partial charge in [-0.05, 0) is 24.5 Å². The Balaban J connectivity index is 1.47. The molecule has 1 amide bonds. The standard InChI is InChI=1S/C18H15N5OS2/c1-25-14-9-5-4-8-13(14)19-15(24)10-26-18-21-17-16(22-23-18)11-6-2-3-7-12(11)20-17/h2-9H,10H2,1H3,(H,19,24)(H,20,21,23). The normalized spacial score (nSPS) is 11.1. The minimum atomic E-state index is -0.100. The third-order valence-electron chi connectivity index (χ3n) is 3.82. The molecule has 0 saturated carbocycles. The van der Waals surface area contributed by atoms with E-state index in [1.807, 2.05) is 54.8 Å². The fourth-order valence-corrected chi connectivity index (χ4v) is 3.77. The van der Waals surface area contributed by atoms with Crippen molar-refractivity contribution in [1.29, 1.82) is 0 Å². The third-order valence-corrected chi connectivity index (χ3v) is 5.45. The molecule has 0 aliphatic heterocycles. The van der Waals surface area contributed by atoms with E-state index in [0.29, 0.717) is 10.8 Å². The van der Waals surface area contributed by atoms with E-state index in [2.05, 4.69) is 25.5 Å². The lowest BCUT2D eigenvalue weighted by atomic mass is 10.2. The molecule has 0 fully saturated rings. The predicted octanol–water partition coefficient (Wildman–Crippen LogP) is 3.96. The van der Waals surface area contributed by atoms with Crippen LogP contribution in [0.1, 0.15) is 0 Å². The SMILES string of the molecule is CSc1ccccc1NC(=O)CSc1nnc2c(n1)[nH]c1ccccc12. The molecule has 130 valence electrons. The number of hydrogen-bond acceptors (Lipinski definition) is 6. The second kappa shape index (κ2) is 7.35. The van der Waals surface area contributed by atoms with Gasteiger partial charge in [-0.2, -0.15) is 0 Å². The lowest BCUT2D eigenvalue weighted by Gasteiger charge is -2.08. The molecule has 0 bridgehead atoms. The summed E-state index contributed by atoms with van der Waals surface area (Å²) >= 11 is 2.86. The zero-order chi connectivity index (χ0) is 17.9. The summed E-state index contributed by atoms with van der Waals surface area (Å²) in [6, 6.07) is 15.6. The van der Waals surface area contributed by atoms with Crippen molar-refractivity contribution in [2.45, 2.75) is 10.1 Å². The second-order valence-corrected chi connectivity index (χ2v) is 7.29. The first-order valence-corrected chi connectivity index (χ1v) is 10.1. The van der Waals surface area contributed by atoms with Gasteiger partial charge in [0.2, 0.25) is 11.1 Å². The van der Waals surface area contributed by atoms with Gasteiger partial charge in [0.25, 0.3) is 0 Å². The van der Waals surface area contributed by atoms with Gasteiger partial charge in [-0.3, -0.25) is 4.79 Å². The number of nitrogens with zero attached hydrogens (tertiary/aromatic N) is 3. The smallest absolute Gasteiger partial charge is 0.234 e. The number of carbonyl (C=O) groups excluding carboxylic acids is 1. The van der Waals surface area contributed by atoms with Crippen LogP contribution in [0.25, 0.3) is 22.1 Å². The number of amides is 1. The first-order chi connectivity index (χ1) is 12.7. The zero-order valence-electron chi connectivity index (χ0n) is 13.9. The van der Waals surface area contributed by atoms with E-state index in [0.717, 1.165) is 27.0 Å². The molecule has 0 atom stereocenters. The molecule has 4 rings (SSSR count). The van der Waals surface area contributed by atoms with E-state index in [4.69, 9.17) is 0 Å². The number of carbonyl (C=O) groups is 1. The van der Waals surface area contributed by atoms with Crippen molar-refractivity contribution in [2.24, 2.45) is 0 Å². The number of anilines is 1. The van der Waals surface area contributed by atoms with Gasteiger partial charge in [0.15, 0.2) is 5.65 Å².